The normalized spacial score (nSPS) is 27.1. The van der Waals surface area contributed by atoms with Gasteiger partial charge < -0.3 is 10.4 Å². The molecule has 2 heteroatoms. The first kappa shape index (κ1) is 10.7. The summed E-state index contributed by atoms with van der Waals surface area (Å²) in [6, 6.07) is 10.9. The third kappa shape index (κ3) is 2.58. The van der Waals surface area contributed by atoms with Crippen molar-refractivity contribution >= 4 is 0 Å². The summed E-state index contributed by atoms with van der Waals surface area (Å²) in [7, 11) is 0. The van der Waals surface area contributed by atoms with Crippen LogP contribution in [0.3, 0.4) is 0 Å². The maximum atomic E-state index is 9.35. The topological polar surface area (TPSA) is 32.3 Å². The highest BCUT2D eigenvalue weighted by molar-refractivity contribution is 5.19. The van der Waals surface area contributed by atoms with Crippen LogP contribution >= 0.6 is 0 Å². The molecule has 2 nitrogen and oxygen atoms in total. The van der Waals surface area contributed by atoms with E-state index in [0.29, 0.717) is 6.04 Å². The minimum atomic E-state index is 0.101. The van der Waals surface area contributed by atoms with Gasteiger partial charge in [-0.15, -0.1) is 0 Å². The third-order valence-corrected chi connectivity index (χ3v) is 3.20. The van der Waals surface area contributed by atoms with E-state index in [-0.39, 0.29) is 12.6 Å². The second-order valence-corrected chi connectivity index (χ2v) is 4.59. The molecule has 1 aliphatic rings. The lowest BCUT2D eigenvalue weighted by Gasteiger charge is -2.36. The van der Waals surface area contributed by atoms with E-state index >= 15 is 0 Å². The van der Waals surface area contributed by atoms with Crippen molar-refractivity contribution in [1.82, 2.24) is 5.32 Å². The van der Waals surface area contributed by atoms with Crippen molar-refractivity contribution < 1.29 is 5.11 Å². The Bertz CT molecular complexity index is 293. The molecule has 1 aromatic rings. The Kier molecular flexibility index (Phi) is 3.39. The second-order valence-electron chi connectivity index (χ2n) is 4.59. The fourth-order valence-corrected chi connectivity index (χ4v) is 2.26. The average molecular weight is 205 g/mol. The Morgan fingerprint density at radius 3 is 2.53 bits per heavy atom. The van der Waals surface area contributed by atoms with Crippen LogP contribution in [-0.2, 0) is 0 Å². The Balaban J connectivity index is 1.93. The molecular formula is C13H19NO. The summed E-state index contributed by atoms with van der Waals surface area (Å²) in [5.74, 6) is 0.845. The van der Waals surface area contributed by atoms with Crippen LogP contribution in [-0.4, -0.2) is 17.8 Å². The van der Waals surface area contributed by atoms with Gasteiger partial charge in [-0.1, -0.05) is 37.3 Å². The van der Waals surface area contributed by atoms with Crippen molar-refractivity contribution in [2.24, 2.45) is 5.92 Å². The fraction of sp³-hybridized carbons (Fsp3) is 0.538. The van der Waals surface area contributed by atoms with Crippen molar-refractivity contribution in [3.63, 3.8) is 0 Å². The molecule has 1 unspecified atom stereocenters. The lowest BCUT2D eigenvalue weighted by molar-refractivity contribution is 0.178. The predicted octanol–water partition coefficient (Wildman–Crippen LogP) is 2.11. The van der Waals surface area contributed by atoms with E-state index in [1.807, 2.05) is 18.2 Å². The van der Waals surface area contributed by atoms with Crippen LogP contribution in [0.5, 0.6) is 0 Å². The molecule has 0 bridgehead atoms. The molecule has 1 aliphatic carbocycles. The maximum absolute atomic E-state index is 9.35. The summed E-state index contributed by atoms with van der Waals surface area (Å²) in [5.41, 5.74) is 1.18. The summed E-state index contributed by atoms with van der Waals surface area (Å²) in [5, 5.41) is 12.9. The van der Waals surface area contributed by atoms with Crippen molar-refractivity contribution in [2.75, 3.05) is 6.61 Å². The Morgan fingerprint density at radius 2 is 2.00 bits per heavy atom. The molecule has 0 spiro atoms. The van der Waals surface area contributed by atoms with Crippen molar-refractivity contribution in [2.45, 2.75) is 31.8 Å². The summed E-state index contributed by atoms with van der Waals surface area (Å²) >= 11 is 0. The van der Waals surface area contributed by atoms with Crippen molar-refractivity contribution in [3.8, 4) is 0 Å². The molecular weight excluding hydrogens is 186 g/mol. The molecule has 1 saturated carbocycles. The summed E-state index contributed by atoms with van der Waals surface area (Å²) < 4.78 is 0. The first-order chi connectivity index (χ1) is 7.29. The fourth-order valence-electron chi connectivity index (χ4n) is 2.26. The third-order valence-electron chi connectivity index (χ3n) is 3.20. The molecule has 0 heterocycles. The number of hydrogen-bond acceptors (Lipinski definition) is 2. The van der Waals surface area contributed by atoms with Gasteiger partial charge in [-0.25, -0.2) is 0 Å². The molecule has 1 fully saturated rings. The van der Waals surface area contributed by atoms with E-state index in [4.69, 9.17) is 0 Å². The van der Waals surface area contributed by atoms with Crippen LogP contribution in [0, 0.1) is 5.92 Å². The Hall–Kier alpha value is -0.860. The van der Waals surface area contributed by atoms with Crippen LogP contribution in [0.1, 0.15) is 31.4 Å². The largest absolute Gasteiger partial charge is 0.394 e. The molecule has 15 heavy (non-hydrogen) atoms. The quantitative estimate of drug-likeness (QED) is 0.789. The first-order valence-electron chi connectivity index (χ1n) is 5.71. The Labute approximate surface area is 91.3 Å². The van der Waals surface area contributed by atoms with Gasteiger partial charge in [0.2, 0.25) is 0 Å². The molecule has 0 saturated heterocycles. The highest BCUT2D eigenvalue weighted by Gasteiger charge is 2.27. The van der Waals surface area contributed by atoms with Gasteiger partial charge in [-0.3, -0.25) is 0 Å². The molecule has 0 aromatic heterocycles. The first-order valence-corrected chi connectivity index (χ1v) is 5.71. The zero-order valence-corrected chi connectivity index (χ0v) is 9.19. The van der Waals surface area contributed by atoms with Crippen LogP contribution in [0.2, 0.25) is 0 Å². The molecule has 2 N–H and O–H groups in total. The van der Waals surface area contributed by atoms with Crippen LogP contribution in [0.4, 0.5) is 0 Å². The summed E-state index contributed by atoms with van der Waals surface area (Å²) in [6.07, 6.45) is 2.48. The minimum Gasteiger partial charge on any atom is -0.394 e. The minimum absolute atomic E-state index is 0.101. The lowest BCUT2D eigenvalue weighted by atomic mass is 9.81. The summed E-state index contributed by atoms with van der Waals surface area (Å²) in [6.45, 7) is 2.45. The zero-order valence-electron chi connectivity index (χ0n) is 9.19. The van der Waals surface area contributed by atoms with Gasteiger partial charge in [0.25, 0.3) is 0 Å². The van der Waals surface area contributed by atoms with Crippen LogP contribution in [0.25, 0.3) is 0 Å². The number of aliphatic hydroxyl groups excluding tert-OH is 1. The van der Waals surface area contributed by atoms with Crippen LogP contribution in [0.15, 0.2) is 30.3 Å². The standard InChI is InChI=1S/C13H19NO/c1-10-7-12(8-10)14-13(9-15)11-5-3-2-4-6-11/h2-6,10,12-15H,7-9H2,1H3. The van der Waals surface area contributed by atoms with Gasteiger partial charge in [0.1, 0.15) is 0 Å². The molecule has 82 valence electrons. The number of rotatable bonds is 4. The van der Waals surface area contributed by atoms with E-state index in [9.17, 15) is 5.11 Å². The number of hydrogen-bond donors (Lipinski definition) is 2. The predicted molar refractivity (Wildman–Crippen MR) is 61.6 cm³/mol. The lowest BCUT2D eigenvalue weighted by Crippen LogP contribution is -2.43. The average Bonchev–Trinajstić information content (AvgIpc) is 2.24. The van der Waals surface area contributed by atoms with Gasteiger partial charge >= 0.3 is 0 Å². The number of benzene rings is 1. The molecule has 1 atom stereocenters. The highest BCUT2D eigenvalue weighted by Crippen LogP contribution is 2.28. The van der Waals surface area contributed by atoms with E-state index in [1.54, 1.807) is 0 Å². The number of nitrogens with one attached hydrogen (secondary N) is 1. The highest BCUT2D eigenvalue weighted by atomic mass is 16.3. The van der Waals surface area contributed by atoms with E-state index in [0.717, 1.165) is 5.92 Å². The van der Waals surface area contributed by atoms with Gasteiger partial charge in [-0.2, -0.15) is 0 Å². The van der Waals surface area contributed by atoms with Crippen molar-refractivity contribution in [1.29, 1.82) is 0 Å². The molecule has 0 radical (unpaired) electrons. The van der Waals surface area contributed by atoms with E-state index in [1.165, 1.54) is 18.4 Å². The van der Waals surface area contributed by atoms with Crippen LogP contribution < -0.4 is 5.32 Å². The summed E-state index contributed by atoms with van der Waals surface area (Å²) in [4.78, 5) is 0. The molecule has 0 aliphatic heterocycles. The van der Waals surface area contributed by atoms with Gasteiger partial charge in [0, 0.05) is 6.04 Å². The Morgan fingerprint density at radius 1 is 1.33 bits per heavy atom. The van der Waals surface area contributed by atoms with E-state index < -0.39 is 0 Å². The van der Waals surface area contributed by atoms with E-state index in [2.05, 4.69) is 24.4 Å². The van der Waals surface area contributed by atoms with Crippen molar-refractivity contribution in [3.05, 3.63) is 35.9 Å². The van der Waals surface area contributed by atoms with Gasteiger partial charge in [0.05, 0.1) is 12.6 Å². The molecule has 1 aromatic carbocycles. The maximum Gasteiger partial charge on any atom is 0.0626 e. The smallest absolute Gasteiger partial charge is 0.0626 e. The SMILES string of the molecule is CC1CC(NC(CO)c2ccccc2)C1. The monoisotopic (exact) mass is 205 g/mol. The second kappa shape index (κ2) is 4.77. The molecule has 0 amide bonds. The molecule has 2 rings (SSSR count). The van der Waals surface area contributed by atoms with Gasteiger partial charge in [-0.05, 0) is 24.3 Å². The number of aliphatic hydroxyl groups is 1. The zero-order chi connectivity index (χ0) is 10.7. The van der Waals surface area contributed by atoms with Gasteiger partial charge in [0.15, 0.2) is 0 Å².